The molecule has 0 saturated carbocycles. The average molecular weight is 353 g/mol. The van der Waals surface area contributed by atoms with Gasteiger partial charge in [-0.05, 0) is 24.1 Å². The summed E-state index contributed by atoms with van der Waals surface area (Å²) in [6, 6.07) is 26.8. The molecule has 2 aromatic carbocycles. The fraction of sp³-hybridized carbons (Fsp3) is 0.174. The van der Waals surface area contributed by atoms with Crippen molar-refractivity contribution in [2.24, 2.45) is 5.92 Å². The summed E-state index contributed by atoms with van der Waals surface area (Å²) in [4.78, 5) is 15.6. The van der Waals surface area contributed by atoms with Gasteiger partial charge in [0.2, 0.25) is 0 Å². The number of Topliss-reactive ketones (excluding diaryl/α,β-unsaturated/α-hetero) is 1. The van der Waals surface area contributed by atoms with Crippen LogP contribution >= 0.6 is 0 Å². The lowest BCUT2D eigenvalue weighted by atomic mass is 9.85. The summed E-state index contributed by atoms with van der Waals surface area (Å²) < 4.78 is 0. The molecule has 4 heteroatoms. The SMILES string of the molecule is N#CC(C#N)C(c1ccccc1)c1ccc(CCC(=O)c2ccccc2)[nH]1. The Morgan fingerprint density at radius 3 is 2.15 bits per heavy atom. The molecule has 27 heavy (non-hydrogen) atoms. The molecule has 1 aromatic heterocycles. The third kappa shape index (κ3) is 4.32. The van der Waals surface area contributed by atoms with Crippen LogP contribution in [-0.4, -0.2) is 10.8 Å². The zero-order valence-corrected chi connectivity index (χ0v) is 14.8. The second-order valence-electron chi connectivity index (χ2n) is 6.35. The van der Waals surface area contributed by atoms with E-state index in [2.05, 4.69) is 17.1 Å². The summed E-state index contributed by atoms with van der Waals surface area (Å²) in [5, 5.41) is 18.8. The highest BCUT2D eigenvalue weighted by molar-refractivity contribution is 5.96. The Kier molecular flexibility index (Phi) is 5.82. The van der Waals surface area contributed by atoms with Gasteiger partial charge in [0.1, 0.15) is 5.92 Å². The Hall–Kier alpha value is -3.63. The number of benzene rings is 2. The minimum atomic E-state index is -0.787. The molecule has 3 aromatic rings. The lowest BCUT2D eigenvalue weighted by Gasteiger charge is -2.16. The second kappa shape index (κ2) is 8.65. The number of nitrogens with one attached hydrogen (secondary N) is 1. The van der Waals surface area contributed by atoms with Gasteiger partial charge in [-0.1, -0.05) is 60.7 Å². The molecule has 0 aliphatic heterocycles. The molecule has 1 N–H and O–H groups in total. The van der Waals surface area contributed by atoms with Gasteiger partial charge >= 0.3 is 0 Å². The maximum Gasteiger partial charge on any atom is 0.163 e. The molecule has 132 valence electrons. The zero-order valence-electron chi connectivity index (χ0n) is 14.8. The molecule has 1 unspecified atom stereocenters. The molecule has 0 fully saturated rings. The van der Waals surface area contributed by atoms with E-state index in [1.165, 1.54) is 0 Å². The van der Waals surface area contributed by atoms with Crippen molar-refractivity contribution in [2.45, 2.75) is 18.8 Å². The second-order valence-corrected chi connectivity index (χ2v) is 6.35. The van der Waals surface area contributed by atoms with E-state index in [1.807, 2.05) is 72.8 Å². The predicted octanol–water partition coefficient (Wildman–Crippen LogP) is 4.63. The van der Waals surface area contributed by atoms with Gasteiger partial charge in [-0.3, -0.25) is 4.79 Å². The number of hydrogen-bond acceptors (Lipinski definition) is 3. The Balaban J connectivity index is 1.77. The van der Waals surface area contributed by atoms with Crippen LogP contribution in [0.1, 0.15) is 39.6 Å². The summed E-state index contributed by atoms with van der Waals surface area (Å²) in [5.41, 5.74) is 3.36. The number of carbonyl (C=O) groups is 1. The Labute approximate surface area is 158 Å². The number of carbonyl (C=O) groups excluding carboxylic acids is 1. The van der Waals surface area contributed by atoms with Crippen LogP contribution < -0.4 is 0 Å². The van der Waals surface area contributed by atoms with E-state index in [0.717, 1.165) is 17.0 Å². The number of ketones is 1. The molecular weight excluding hydrogens is 334 g/mol. The molecule has 0 spiro atoms. The van der Waals surface area contributed by atoms with Crippen molar-refractivity contribution >= 4 is 5.78 Å². The lowest BCUT2D eigenvalue weighted by Crippen LogP contribution is -2.12. The van der Waals surface area contributed by atoms with Crippen molar-refractivity contribution in [3.8, 4) is 12.1 Å². The third-order valence-corrected chi connectivity index (χ3v) is 4.59. The van der Waals surface area contributed by atoms with E-state index in [9.17, 15) is 15.3 Å². The third-order valence-electron chi connectivity index (χ3n) is 4.59. The largest absolute Gasteiger partial charge is 0.362 e. The first-order valence-electron chi connectivity index (χ1n) is 8.83. The maximum absolute atomic E-state index is 12.3. The molecule has 4 nitrogen and oxygen atoms in total. The highest BCUT2D eigenvalue weighted by atomic mass is 16.1. The standard InChI is InChI=1S/C23H19N3O/c24-15-19(16-25)23(18-9-5-2-6-10-18)21-13-11-20(26-21)12-14-22(27)17-7-3-1-4-8-17/h1-11,13,19,23,26H,12,14H2. The first-order valence-corrected chi connectivity index (χ1v) is 8.83. The quantitative estimate of drug-likeness (QED) is 0.629. The fourth-order valence-electron chi connectivity index (χ4n) is 3.19. The Morgan fingerprint density at radius 2 is 1.52 bits per heavy atom. The number of nitriles is 2. The monoisotopic (exact) mass is 353 g/mol. The van der Waals surface area contributed by atoms with Crippen LogP contribution in [0.5, 0.6) is 0 Å². The van der Waals surface area contributed by atoms with Crippen molar-refractivity contribution in [3.63, 3.8) is 0 Å². The van der Waals surface area contributed by atoms with Crippen LogP contribution in [0.4, 0.5) is 0 Å². The van der Waals surface area contributed by atoms with Crippen LogP contribution in [-0.2, 0) is 6.42 Å². The van der Waals surface area contributed by atoms with Crippen molar-refractivity contribution in [1.29, 1.82) is 10.5 Å². The number of hydrogen-bond donors (Lipinski definition) is 1. The summed E-state index contributed by atoms with van der Waals surface area (Å²) in [6.45, 7) is 0. The van der Waals surface area contributed by atoms with Gasteiger partial charge in [0.15, 0.2) is 5.78 Å². The number of nitrogens with zero attached hydrogens (tertiary/aromatic N) is 2. The van der Waals surface area contributed by atoms with E-state index in [4.69, 9.17) is 0 Å². The van der Waals surface area contributed by atoms with Crippen LogP contribution in [0.3, 0.4) is 0 Å². The van der Waals surface area contributed by atoms with Gasteiger partial charge < -0.3 is 4.98 Å². The molecule has 0 radical (unpaired) electrons. The Morgan fingerprint density at radius 1 is 0.889 bits per heavy atom. The number of rotatable bonds is 7. The summed E-state index contributed by atoms with van der Waals surface area (Å²) >= 11 is 0. The maximum atomic E-state index is 12.3. The van der Waals surface area contributed by atoms with Crippen LogP contribution in [0.25, 0.3) is 0 Å². The highest BCUT2D eigenvalue weighted by Gasteiger charge is 2.26. The smallest absolute Gasteiger partial charge is 0.163 e. The van der Waals surface area contributed by atoms with Crippen molar-refractivity contribution in [1.82, 2.24) is 4.98 Å². The summed E-state index contributed by atoms with van der Waals surface area (Å²) in [7, 11) is 0. The molecule has 1 heterocycles. The lowest BCUT2D eigenvalue weighted by molar-refractivity contribution is 0.0982. The normalized spacial score (nSPS) is 11.5. The van der Waals surface area contributed by atoms with Gasteiger partial charge in [-0.25, -0.2) is 0 Å². The molecule has 0 amide bonds. The first kappa shape index (κ1) is 18.2. The van der Waals surface area contributed by atoms with E-state index in [0.29, 0.717) is 18.4 Å². The summed E-state index contributed by atoms with van der Waals surface area (Å²) in [5.74, 6) is -1.04. The molecule has 0 bridgehead atoms. The topological polar surface area (TPSA) is 80.4 Å². The van der Waals surface area contributed by atoms with Gasteiger partial charge in [0.05, 0.1) is 18.1 Å². The molecule has 1 atom stereocenters. The molecule has 0 aliphatic rings. The van der Waals surface area contributed by atoms with Crippen molar-refractivity contribution in [2.75, 3.05) is 0 Å². The van der Waals surface area contributed by atoms with E-state index < -0.39 is 5.92 Å². The van der Waals surface area contributed by atoms with E-state index >= 15 is 0 Å². The van der Waals surface area contributed by atoms with Crippen molar-refractivity contribution < 1.29 is 4.79 Å². The van der Waals surface area contributed by atoms with E-state index in [-0.39, 0.29) is 11.7 Å². The number of aryl methyl sites for hydroxylation is 1. The molecular formula is C23H19N3O. The Bertz CT molecular complexity index is 964. The minimum Gasteiger partial charge on any atom is -0.362 e. The highest BCUT2D eigenvalue weighted by Crippen LogP contribution is 2.31. The number of aromatic nitrogens is 1. The first-order chi connectivity index (χ1) is 13.2. The van der Waals surface area contributed by atoms with Crippen LogP contribution in [0, 0.1) is 28.6 Å². The number of aromatic amines is 1. The fourth-order valence-corrected chi connectivity index (χ4v) is 3.19. The van der Waals surface area contributed by atoms with Gasteiger partial charge in [-0.15, -0.1) is 0 Å². The van der Waals surface area contributed by atoms with E-state index in [1.54, 1.807) is 0 Å². The minimum absolute atomic E-state index is 0.0956. The van der Waals surface area contributed by atoms with Gasteiger partial charge in [-0.2, -0.15) is 10.5 Å². The summed E-state index contributed by atoms with van der Waals surface area (Å²) in [6.07, 6.45) is 0.985. The molecule has 3 rings (SSSR count). The molecule has 0 saturated heterocycles. The molecule has 0 aliphatic carbocycles. The van der Waals surface area contributed by atoms with Crippen LogP contribution in [0.2, 0.25) is 0 Å². The van der Waals surface area contributed by atoms with Gasteiger partial charge in [0.25, 0.3) is 0 Å². The zero-order chi connectivity index (χ0) is 19.1. The number of H-pyrrole nitrogens is 1. The van der Waals surface area contributed by atoms with Crippen LogP contribution in [0.15, 0.2) is 72.8 Å². The van der Waals surface area contributed by atoms with Gasteiger partial charge in [0, 0.05) is 23.4 Å². The van der Waals surface area contributed by atoms with Crippen molar-refractivity contribution in [3.05, 3.63) is 95.3 Å². The average Bonchev–Trinajstić information content (AvgIpc) is 3.19. The predicted molar refractivity (Wildman–Crippen MR) is 103 cm³/mol.